The normalized spacial score (nSPS) is 14.2. The third-order valence-electron chi connectivity index (χ3n) is 4.51. The molecule has 3 aromatic rings. The number of nitrogens with zero attached hydrogens (tertiary/aromatic N) is 4. The Hall–Kier alpha value is -2.78. The third kappa shape index (κ3) is 4.05. The molecule has 28 heavy (non-hydrogen) atoms. The molecule has 8 nitrogen and oxygen atoms in total. The second-order valence-electron chi connectivity index (χ2n) is 6.85. The Morgan fingerprint density at radius 1 is 1.36 bits per heavy atom. The minimum Gasteiger partial charge on any atom is -0.365 e. The van der Waals surface area contributed by atoms with Gasteiger partial charge in [-0.05, 0) is 31.9 Å². The number of hydrogen-bond donors (Lipinski definition) is 1. The molecule has 9 heteroatoms. The maximum Gasteiger partial charge on any atom is 0.323 e. The zero-order valence-corrected chi connectivity index (χ0v) is 16.7. The zero-order valence-electron chi connectivity index (χ0n) is 15.9. The molecular formula is C19H21N5O3S. The first-order valence-corrected chi connectivity index (χ1v) is 9.80. The summed E-state index contributed by atoms with van der Waals surface area (Å²) in [4.78, 5) is 23.5. The topological polar surface area (TPSA) is 93.4 Å². The lowest BCUT2D eigenvalue weighted by Crippen LogP contribution is -2.56. The number of aromatic nitrogens is 3. The second kappa shape index (κ2) is 7.69. The van der Waals surface area contributed by atoms with Gasteiger partial charge in [0.1, 0.15) is 6.61 Å². The first-order valence-electron chi connectivity index (χ1n) is 8.98. The Labute approximate surface area is 166 Å². The summed E-state index contributed by atoms with van der Waals surface area (Å²) in [6.07, 6.45) is 1.77. The van der Waals surface area contributed by atoms with Crippen LogP contribution in [0, 0.1) is 20.8 Å². The highest BCUT2D eigenvalue weighted by Gasteiger charge is 2.32. The van der Waals surface area contributed by atoms with Crippen molar-refractivity contribution in [3.05, 3.63) is 47.2 Å². The van der Waals surface area contributed by atoms with Crippen LogP contribution in [0.1, 0.15) is 22.8 Å². The van der Waals surface area contributed by atoms with Crippen LogP contribution in [-0.2, 0) is 11.3 Å². The van der Waals surface area contributed by atoms with E-state index in [1.807, 2.05) is 0 Å². The molecule has 1 saturated heterocycles. The lowest BCUT2D eigenvalue weighted by molar-refractivity contribution is -0.0496. The van der Waals surface area contributed by atoms with Crippen LogP contribution in [0.4, 0.5) is 9.93 Å². The summed E-state index contributed by atoms with van der Waals surface area (Å²) in [7, 11) is 0. The number of thiazole rings is 1. The van der Waals surface area contributed by atoms with E-state index < -0.39 is 0 Å². The Morgan fingerprint density at radius 2 is 2.18 bits per heavy atom. The Balaban J connectivity index is 1.27. The Bertz CT molecular complexity index is 993. The maximum absolute atomic E-state index is 12.4. The number of nitrogens with one attached hydrogen (secondary N) is 1. The van der Waals surface area contributed by atoms with Gasteiger partial charge in [0, 0.05) is 6.20 Å². The Morgan fingerprint density at radius 3 is 2.89 bits per heavy atom. The number of aryl methyl sites for hydroxylation is 3. The fraction of sp³-hybridized carbons (Fsp3) is 0.368. The van der Waals surface area contributed by atoms with Gasteiger partial charge >= 0.3 is 6.03 Å². The van der Waals surface area contributed by atoms with Crippen molar-refractivity contribution in [3.8, 4) is 10.4 Å². The predicted molar refractivity (Wildman–Crippen MR) is 105 cm³/mol. The van der Waals surface area contributed by atoms with Crippen LogP contribution >= 0.6 is 11.3 Å². The molecule has 0 saturated carbocycles. The van der Waals surface area contributed by atoms with Gasteiger partial charge in [0.25, 0.3) is 5.89 Å². The van der Waals surface area contributed by atoms with Gasteiger partial charge in [-0.25, -0.2) is 9.78 Å². The number of rotatable bonds is 5. The van der Waals surface area contributed by atoms with Gasteiger partial charge < -0.3 is 14.2 Å². The van der Waals surface area contributed by atoms with Crippen molar-refractivity contribution >= 4 is 22.5 Å². The molecule has 0 aliphatic carbocycles. The summed E-state index contributed by atoms with van der Waals surface area (Å²) in [5.74, 6) is 1.03. The molecule has 146 valence electrons. The summed E-state index contributed by atoms with van der Waals surface area (Å²) in [5.41, 5.74) is 3.56. The Kier molecular flexibility index (Phi) is 5.10. The molecule has 1 N–H and O–H groups in total. The third-order valence-corrected chi connectivity index (χ3v) is 5.46. The predicted octanol–water partition coefficient (Wildman–Crippen LogP) is 3.55. The summed E-state index contributed by atoms with van der Waals surface area (Å²) >= 11 is 1.47. The van der Waals surface area contributed by atoms with E-state index in [0.717, 1.165) is 10.4 Å². The molecule has 0 bridgehead atoms. The molecule has 1 aliphatic rings. The number of benzene rings is 1. The molecular weight excluding hydrogens is 378 g/mol. The van der Waals surface area contributed by atoms with Crippen LogP contribution < -0.4 is 5.32 Å². The number of carbonyl (C=O) groups excluding carboxylic acids is 1. The van der Waals surface area contributed by atoms with E-state index in [1.165, 1.54) is 22.5 Å². The van der Waals surface area contributed by atoms with Gasteiger partial charge in [0.05, 0.1) is 24.1 Å². The number of hydrogen-bond acceptors (Lipinski definition) is 7. The fourth-order valence-electron chi connectivity index (χ4n) is 3.01. The average Bonchev–Trinajstić information content (AvgIpc) is 3.22. The van der Waals surface area contributed by atoms with Crippen molar-refractivity contribution in [2.45, 2.75) is 33.5 Å². The van der Waals surface area contributed by atoms with Crippen LogP contribution in [-0.4, -0.2) is 45.2 Å². The number of anilines is 1. The van der Waals surface area contributed by atoms with Crippen molar-refractivity contribution in [1.29, 1.82) is 0 Å². The molecule has 1 aromatic carbocycles. The van der Waals surface area contributed by atoms with Crippen LogP contribution in [0.15, 0.2) is 28.9 Å². The maximum atomic E-state index is 12.4. The molecule has 4 rings (SSSR count). The summed E-state index contributed by atoms with van der Waals surface area (Å²) in [5, 5.41) is 7.16. The van der Waals surface area contributed by atoms with Crippen LogP contribution in [0.2, 0.25) is 0 Å². The number of urea groups is 1. The molecule has 3 heterocycles. The zero-order chi connectivity index (χ0) is 19.7. The van der Waals surface area contributed by atoms with Crippen molar-refractivity contribution in [1.82, 2.24) is 20.0 Å². The molecule has 2 amide bonds. The van der Waals surface area contributed by atoms with Gasteiger partial charge in [0.15, 0.2) is 11.0 Å². The minimum absolute atomic E-state index is 0.0278. The molecule has 0 radical (unpaired) electrons. The smallest absolute Gasteiger partial charge is 0.323 e. The average molecular weight is 399 g/mol. The van der Waals surface area contributed by atoms with E-state index in [9.17, 15) is 4.79 Å². The first-order chi connectivity index (χ1) is 13.5. The highest BCUT2D eigenvalue weighted by atomic mass is 32.1. The summed E-state index contributed by atoms with van der Waals surface area (Å²) in [6, 6.07) is 6.14. The van der Waals surface area contributed by atoms with Crippen molar-refractivity contribution in [2.24, 2.45) is 0 Å². The molecule has 2 aromatic heterocycles. The van der Waals surface area contributed by atoms with Gasteiger partial charge in [-0.3, -0.25) is 5.32 Å². The van der Waals surface area contributed by atoms with E-state index in [-0.39, 0.29) is 18.7 Å². The molecule has 1 fully saturated rings. The standard InChI is InChI=1S/C19H21N5O3S/c1-11-4-5-15(12(2)6-11)16-7-20-18(28-16)22-19(25)24-8-14(9-24)26-10-17-21-13(3)23-27-17/h4-7,14H,8-10H2,1-3H3,(H,20,22,25). The molecule has 0 spiro atoms. The van der Waals surface area contributed by atoms with Gasteiger partial charge in [-0.1, -0.05) is 40.3 Å². The number of carbonyl (C=O) groups is 1. The van der Waals surface area contributed by atoms with Crippen molar-refractivity contribution in [3.63, 3.8) is 0 Å². The second-order valence-corrected chi connectivity index (χ2v) is 7.88. The van der Waals surface area contributed by atoms with Gasteiger partial charge in [-0.15, -0.1) is 0 Å². The van der Waals surface area contributed by atoms with E-state index in [4.69, 9.17) is 9.26 Å². The number of amides is 2. The van der Waals surface area contributed by atoms with Crippen LogP contribution in [0.25, 0.3) is 10.4 Å². The SMILES string of the molecule is Cc1ccc(-c2cnc(NC(=O)N3CC(OCc4nc(C)no4)C3)s2)c(C)c1. The molecule has 1 aliphatic heterocycles. The first kappa shape index (κ1) is 18.6. The van der Waals surface area contributed by atoms with Crippen molar-refractivity contribution in [2.75, 3.05) is 18.4 Å². The highest BCUT2D eigenvalue weighted by Crippen LogP contribution is 2.32. The van der Waals surface area contributed by atoms with Crippen LogP contribution in [0.3, 0.4) is 0 Å². The minimum atomic E-state index is -0.171. The van der Waals surface area contributed by atoms with Crippen molar-refractivity contribution < 1.29 is 14.1 Å². The van der Waals surface area contributed by atoms with E-state index in [0.29, 0.717) is 29.9 Å². The van der Waals surface area contributed by atoms with E-state index in [2.05, 4.69) is 52.5 Å². The lowest BCUT2D eigenvalue weighted by atomic mass is 10.1. The van der Waals surface area contributed by atoms with Gasteiger partial charge in [0.2, 0.25) is 0 Å². The molecule has 0 unspecified atom stereocenters. The van der Waals surface area contributed by atoms with E-state index >= 15 is 0 Å². The fourth-order valence-corrected chi connectivity index (χ4v) is 3.91. The van der Waals surface area contributed by atoms with Gasteiger partial charge in [-0.2, -0.15) is 4.98 Å². The summed E-state index contributed by atoms with van der Waals surface area (Å²) in [6.45, 7) is 7.21. The summed E-state index contributed by atoms with van der Waals surface area (Å²) < 4.78 is 10.7. The molecule has 0 atom stereocenters. The largest absolute Gasteiger partial charge is 0.365 e. The lowest BCUT2D eigenvalue weighted by Gasteiger charge is -2.38. The monoisotopic (exact) mass is 399 g/mol. The quantitative estimate of drug-likeness (QED) is 0.705. The van der Waals surface area contributed by atoms with Crippen LogP contribution in [0.5, 0.6) is 0 Å². The van der Waals surface area contributed by atoms with E-state index in [1.54, 1.807) is 18.0 Å². The number of likely N-dealkylation sites (tertiary alicyclic amines) is 1. The number of ether oxygens (including phenoxy) is 1. The highest BCUT2D eigenvalue weighted by molar-refractivity contribution is 7.19.